The quantitative estimate of drug-likeness (QED) is 0.121. The van der Waals surface area contributed by atoms with Crippen molar-refractivity contribution in [3.05, 3.63) is 315 Å². The van der Waals surface area contributed by atoms with E-state index in [-0.39, 0.29) is 35.9 Å². The Labute approximate surface area is 498 Å². The lowest BCUT2D eigenvalue weighted by molar-refractivity contribution is 0.670. The van der Waals surface area contributed by atoms with E-state index >= 15 is 0 Å². The molecule has 14 aromatic carbocycles. The molecule has 0 unspecified atom stereocenters. The van der Waals surface area contributed by atoms with Gasteiger partial charge in [-0.25, -0.2) is 0 Å². The van der Waals surface area contributed by atoms with Crippen molar-refractivity contribution in [1.29, 1.82) is 0 Å². The molecule has 0 aliphatic heterocycles. The highest BCUT2D eigenvalue weighted by Crippen LogP contribution is 2.42. The fourth-order valence-corrected chi connectivity index (χ4v) is 10.9. The maximum atomic E-state index is 7.75. The third-order valence-corrected chi connectivity index (χ3v) is 14.8. The zero-order valence-corrected chi connectivity index (χ0v) is 45.9. The summed E-state index contributed by atoms with van der Waals surface area (Å²) in [5.74, 6) is 0. The molecule has 3 aromatic heterocycles. The minimum atomic E-state index is -0.386. The van der Waals surface area contributed by atoms with Crippen LogP contribution in [0.15, 0.2) is 329 Å². The standard InChI is InChI=1S/3C22H15NO.C12H11N/c1-2-9-16(10-3-1)23-19-14-15-8-4-5-11-17(15)22-21(19)18-12-6-7-13-20(18)24-22;1-2-8-16(9-3-1)23-19-12-6-11-18-21-17-10-5-4-7-15(17)13-14-20(21)24-22(18)19;1-2-7-16(8-3-1)23-17-11-13-19-20-12-10-15-6-4-5-9-18(15)22(20)24-21(19)14-17;1-3-7-11(8-4-1)13-12-9-5-2-6-10-12/h3*1-14,23H;1-10,13H/i;;;1D,3D,4D,7D,8D. The van der Waals surface area contributed by atoms with Gasteiger partial charge < -0.3 is 34.5 Å². The topological polar surface area (TPSA) is 87.5 Å². The van der Waals surface area contributed by atoms with Crippen LogP contribution in [0.4, 0.5) is 45.5 Å². The Morgan fingerprint density at radius 1 is 0.235 bits per heavy atom. The van der Waals surface area contributed by atoms with Crippen LogP contribution in [-0.2, 0) is 0 Å². The van der Waals surface area contributed by atoms with E-state index in [1.165, 1.54) is 26.9 Å². The van der Waals surface area contributed by atoms with Crippen LogP contribution in [-0.4, -0.2) is 0 Å². The number of hydrogen-bond acceptors (Lipinski definition) is 7. The van der Waals surface area contributed by atoms with Gasteiger partial charge in [-0.15, -0.1) is 0 Å². The van der Waals surface area contributed by atoms with Crippen LogP contribution in [0.5, 0.6) is 0 Å². The van der Waals surface area contributed by atoms with Crippen LogP contribution in [0, 0.1) is 0 Å². The van der Waals surface area contributed by atoms with Crippen molar-refractivity contribution in [3.63, 3.8) is 0 Å². The van der Waals surface area contributed by atoms with Crippen LogP contribution in [0.25, 0.3) is 98.1 Å². The van der Waals surface area contributed by atoms with Gasteiger partial charge in [-0.3, -0.25) is 0 Å². The molecule has 0 atom stereocenters. The van der Waals surface area contributed by atoms with Crippen LogP contribution >= 0.6 is 0 Å². The number of furan rings is 3. The van der Waals surface area contributed by atoms with Gasteiger partial charge in [-0.05, 0) is 125 Å². The Hall–Kier alpha value is -11.5. The zero-order chi connectivity index (χ0) is 61.1. The molecule has 3 heterocycles. The predicted octanol–water partition coefficient (Wildman–Crippen LogP) is 22.9. The van der Waals surface area contributed by atoms with E-state index in [2.05, 4.69) is 209 Å². The van der Waals surface area contributed by atoms with E-state index in [1.807, 2.05) is 72.8 Å². The maximum Gasteiger partial charge on any atom is 0.158 e. The van der Waals surface area contributed by atoms with Crippen molar-refractivity contribution < 1.29 is 20.1 Å². The molecule has 0 aliphatic rings. The Morgan fingerprint density at radius 2 is 0.718 bits per heavy atom. The smallest absolute Gasteiger partial charge is 0.158 e. The van der Waals surface area contributed by atoms with E-state index in [0.29, 0.717) is 5.69 Å². The molecule has 0 radical (unpaired) electrons. The van der Waals surface area contributed by atoms with Gasteiger partial charge in [0, 0.05) is 77.9 Å². The van der Waals surface area contributed by atoms with E-state index in [0.717, 1.165) is 105 Å². The van der Waals surface area contributed by atoms with Crippen LogP contribution in [0.1, 0.15) is 6.85 Å². The molecule has 0 amide bonds. The monoisotopic (exact) mass is 1100 g/mol. The second-order valence-corrected chi connectivity index (χ2v) is 20.3. The second kappa shape index (κ2) is 23.5. The van der Waals surface area contributed by atoms with Crippen LogP contribution in [0.3, 0.4) is 0 Å². The molecule has 7 nitrogen and oxygen atoms in total. The van der Waals surface area contributed by atoms with Gasteiger partial charge in [0.05, 0.1) is 23.6 Å². The molecule has 0 aliphatic carbocycles. The van der Waals surface area contributed by atoms with Crippen molar-refractivity contribution in [2.24, 2.45) is 0 Å². The van der Waals surface area contributed by atoms with E-state index in [1.54, 1.807) is 24.3 Å². The number of rotatable bonds is 8. The average Bonchev–Trinajstić information content (AvgIpc) is 2.46. The Morgan fingerprint density at radius 3 is 1.39 bits per heavy atom. The van der Waals surface area contributed by atoms with Crippen LogP contribution in [0.2, 0.25) is 0 Å². The summed E-state index contributed by atoms with van der Waals surface area (Å²) in [6.07, 6.45) is 0. The van der Waals surface area contributed by atoms with Gasteiger partial charge in [0.1, 0.15) is 27.9 Å². The molecule has 0 saturated heterocycles. The molecule has 17 aromatic rings. The first-order chi connectivity index (χ1) is 44.2. The number of nitrogens with one attached hydrogen (secondary N) is 4. The number of anilines is 8. The molecule has 7 heteroatoms. The van der Waals surface area contributed by atoms with Gasteiger partial charge in [-0.2, -0.15) is 0 Å². The summed E-state index contributed by atoms with van der Waals surface area (Å²) in [7, 11) is 0. The summed E-state index contributed by atoms with van der Waals surface area (Å²) >= 11 is 0. The molecule has 0 spiro atoms. The lowest BCUT2D eigenvalue weighted by atomic mass is 10.0. The SMILES string of the molecule is [2H]c1c([2H])c([2H])c(Nc2ccccc2)c([2H])c1[2H].c1ccc(Nc2cc3ccccc3c3oc4ccccc4c23)cc1.c1ccc(Nc2ccc3c(c2)oc2c4ccccc4ccc32)cc1.c1ccc(Nc2cccc3c2oc2ccc4ccccc4c23)cc1. The molecule has 0 saturated carbocycles. The fraction of sp³-hybridized carbons (Fsp3) is 0. The fourth-order valence-electron chi connectivity index (χ4n) is 10.9. The molecular formula is C78H56N4O3. The lowest BCUT2D eigenvalue weighted by Gasteiger charge is -2.10. The van der Waals surface area contributed by atoms with E-state index in [9.17, 15) is 0 Å². The first-order valence-electron chi connectivity index (χ1n) is 30.6. The summed E-state index contributed by atoms with van der Waals surface area (Å²) in [6.45, 7) is 0. The maximum absolute atomic E-state index is 7.75. The van der Waals surface area contributed by atoms with Crippen molar-refractivity contribution in [1.82, 2.24) is 0 Å². The average molecular weight is 1100 g/mol. The molecule has 0 fully saturated rings. The molecule has 17 rings (SSSR count). The van der Waals surface area contributed by atoms with Gasteiger partial charge >= 0.3 is 0 Å². The second-order valence-electron chi connectivity index (χ2n) is 20.3. The van der Waals surface area contributed by atoms with E-state index < -0.39 is 0 Å². The zero-order valence-electron chi connectivity index (χ0n) is 50.9. The number of hydrogen-bond donors (Lipinski definition) is 4. The number of fused-ring (bicyclic) bond motifs is 15. The molecule has 85 heavy (non-hydrogen) atoms. The van der Waals surface area contributed by atoms with Gasteiger partial charge in [-0.1, -0.05) is 206 Å². The lowest BCUT2D eigenvalue weighted by Crippen LogP contribution is -1.91. The normalized spacial score (nSPS) is 11.9. The van der Waals surface area contributed by atoms with E-state index in [4.69, 9.17) is 20.1 Å². The highest BCUT2D eigenvalue weighted by Gasteiger charge is 2.17. The summed E-state index contributed by atoms with van der Waals surface area (Å²) in [4.78, 5) is 0. The number of para-hydroxylation sites is 7. The molecule has 0 bridgehead atoms. The predicted molar refractivity (Wildman–Crippen MR) is 359 cm³/mol. The van der Waals surface area contributed by atoms with Crippen molar-refractivity contribution in [2.75, 3.05) is 21.3 Å². The minimum Gasteiger partial charge on any atom is -0.455 e. The highest BCUT2D eigenvalue weighted by atomic mass is 16.3. The van der Waals surface area contributed by atoms with Crippen molar-refractivity contribution in [3.8, 4) is 0 Å². The largest absolute Gasteiger partial charge is 0.455 e. The summed E-state index contributed by atoms with van der Waals surface area (Å²) in [5.41, 5.74) is 12.6. The van der Waals surface area contributed by atoms with Crippen molar-refractivity contribution >= 4 is 144 Å². The number of benzene rings is 14. The van der Waals surface area contributed by atoms with Crippen LogP contribution < -0.4 is 21.3 Å². The third kappa shape index (κ3) is 10.9. The van der Waals surface area contributed by atoms with Gasteiger partial charge in [0.15, 0.2) is 5.58 Å². The molecular weight excluding hydrogens is 1040 g/mol. The Balaban J connectivity index is 0.000000106. The first-order valence-corrected chi connectivity index (χ1v) is 28.1. The Kier molecular flexibility index (Phi) is 12.8. The van der Waals surface area contributed by atoms with Gasteiger partial charge in [0.25, 0.3) is 0 Å². The summed E-state index contributed by atoms with van der Waals surface area (Å²) < 4.78 is 56.7. The molecule has 4 N–H and O–H groups in total. The Bertz CT molecular complexity index is 5420. The van der Waals surface area contributed by atoms with Crippen molar-refractivity contribution in [2.45, 2.75) is 0 Å². The third-order valence-electron chi connectivity index (χ3n) is 14.8. The summed E-state index contributed by atoms with van der Waals surface area (Å²) in [6, 6.07) is 94.6. The van der Waals surface area contributed by atoms with Gasteiger partial charge in [0.2, 0.25) is 0 Å². The minimum absolute atomic E-state index is 0.0900. The highest BCUT2D eigenvalue weighted by molar-refractivity contribution is 6.22. The first kappa shape index (κ1) is 46.1. The molecule has 406 valence electrons. The summed E-state index contributed by atoms with van der Waals surface area (Å²) in [5, 5.41) is 27.3.